The predicted molar refractivity (Wildman–Crippen MR) is 127 cm³/mol. The van der Waals surface area contributed by atoms with Gasteiger partial charge in [-0.05, 0) is 42.8 Å². The van der Waals surface area contributed by atoms with Gasteiger partial charge in [0.2, 0.25) is 0 Å². The van der Waals surface area contributed by atoms with Gasteiger partial charge in [-0.1, -0.05) is 0 Å². The number of piperazine rings is 1. The van der Waals surface area contributed by atoms with Gasteiger partial charge < -0.3 is 15.0 Å². The summed E-state index contributed by atoms with van der Waals surface area (Å²) in [6.07, 6.45) is 1.36. The van der Waals surface area contributed by atoms with Gasteiger partial charge in [0.05, 0.1) is 5.56 Å². The first-order valence-corrected chi connectivity index (χ1v) is 11.6. The van der Waals surface area contributed by atoms with E-state index in [1.165, 1.54) is 18.2 Å². The molecule has 2 bridgehead atoms. The standard InChI is InChI=1S/C26H21F3N6O/c27-16-2-3-21(36)15(7-16)11-35-17-8-18(35)13-34(12-17)22-4-1-14(10-32-22)23-19-5-6-31-26(19)33-24(25(28)29)20(23)9-30/h1-7,10,17-18,25,36H,8,11-13H2,(H,31,33). The Kier molecular flexibility index (Phi) is 5.30. The molecule has 0 radical (unpaired) electrons. The number of hydrogen-bond donors (Lipinski definition) is 2. The van der Waals surface area contributed by atoms with Gasteiger partial charge in [0.25, 0.3) is 6.43 Å². The second kappa shape index (κ2) is 8.53. The molecule has 3 saturated heterocycles. The van der Waals surface area contributed by atoms with Crippen LogP contribution in [0.4, 0.5) is 19.0 Å². The van der Waals surface area contributed by atoms with Crippen LogP contribution in [-0.4, -0.2) is 50.1 Å². The fourth-order valence-corrected chi connectivity index (χ4v) is 5.40. The van der Waals surface area contributed by atoms with Crippen molar-refractivity contribution in [1.82, 2.24) is 19.9 Å². The van der Waals surface area contributed by atoms with E-state index in [0.29, 0.717) is 34.3 Å². The van der Waals surface area contributed by atoms with Gasteiger partial charge in [-0.15, -0.1) is 0 Å². The van der Waals surface area contributed by atoms with E-state index >= 15 is 0 Å². The molecule has 0 saturated carbocycles. The molecule has 2 atom stereocenters. The largest absolute Gasteiger partial charge is 0.508 e. The number of aromatic hydroxyl groups is 1. The highest BCUT2D eigenvalue weighted by atomic mass is 19.3. The van der Waals surface area contributed by atoms with Crippen molar-refractivity contribution in [1.29, 1.82) is 5.26 Å². The molecule has 182 valence electrons. The SMILES string of the molecule is N#Cc1c(C(F)F)nc2[nH]ccc2c1-c1ccc(N2CC3CC(C2)N3Cc2cc(F)ccc2O)nc1. The third kappa shape index (κ3) is 3.63. The van der Waals surface area contributed by atoms with Crippen molar-refractivity contribution in [3.05, 3.63) is 71.4 Å². The molecule has 7 nitrogen and oxygen atoms in total. The van der Waals surface area contributed by atoms with Crippen molar-refractivity contribution in [3.63, 3.8) is 0 Å². The third-order valence-corrected chi connectivity index (χ3v) is 7.15. The summed E-state index contributed by atoms with van der Waals surface area (Å²) in [5.74, 6) is 0.481. The number of hydrogen-bond acceptors (Lipinski definition) is 6. The van der Waals surface area contributed by atoms with E-state index in [-0.39, 0.29) is 29.2 Å². The van der Waals surface area contributed by atoms with E-state index < -0.39 is 12.1 Å². The lowest BCUT2D eigenvalue weighted by atomic mass is 9.86. The second-order valence-electron chi connectivity index (χ2n) is 9.20. The predicted octanol–water partition coefficient (Wildman–Crippen LogP) is 4.74. The molecule has 3 aliphatic rings. The monoisotopic (exact) mass is 490 g/mol. The van der Waals surface area contributed by atoms with Gasteiger partial charge in [0.15, 0.2) is 0 Å². The number of halogens is 3. The summed E-state index contributed by atoms with van der Waals surface area (Å²) in [4.78, 5) is 15.8. The highest BCUT2D eigenvalue weighted by molar-refractivity contribution is 5.96. The minimum absolute atomic E-state index is 0.0925. The summed E-state index contributed by atoms with van der Waals surface area (Å²) in [5, 5.41) is 20.3. The molecule has 0 aliphatic carbocycles. The van der Waals surface area contributed by atoms with Crippen molar-refractivity contribution in [2.24, 2.45) is 0 Å². The zero-order valence-electron chi connectivity index (χ0n) is 19.0. The molecule has 6 heterocycles. The lowest BCUT2D eigenvalue weighted by Crippen LogP contribution is -2.68. The number of pyridine rings is 2. The Morgan fingerprint density at radius 1 is 1.17 bits per heavy atom. The average Bonchev–Trinajstić information content (AvgIpc) is 3.36. The molecule has 4 aromatic rings. The first-order valence-electron chi connectivity index (χ1n) is 11.6. The first kappa shape index (κ1) is 22.4. The van der Waals surface area contributed by atoms with E-state index in [1.807, 2.05) is 12.1 Å². The lowest BCUT2D eigenvalue weighted by molar-refractivity contribution is -0.00921. The van der Waals surface area contributed by atoms with Crippen LogP contribution in [0.15, 0.2) is 48.8 Å². The molecule has 10 heteroatoms. The maximum atomic E-state index is 13.6. The third-order valence-electron chi connectivity index (χ3n) is 7.15. The van der Waals surface area contributed by atoms with Crippen LogP contribution in [0, 0.1) is 17.1 Å². The Bertz CT molecular complexity index is 1480. The zero-order chi connectivity index (χ0) is 25.0. The van der Waals surface area contributed by atoms with Crippen molar-refractivity contribution in [2.75, 3.05) is 18.0 Å². The summed E-state index contributed by atoms with van der Waals surface area (Å²) in [6, 6.07) is 11.8. The molecular weight excluding hydrogens is 469 g/mol. The van der Waals surface area contributed by atoms with E-state index in [9.17, 15) is 23.5 Å². The molecule has 0 spiro atoms. The highest BCUT2D eigenvalue weighted by Crippen LogP contribution is 2.38. The zero-order valence-corrected chi connectivity index (χ0v) is 19.0. The average molecular weight is 490 g/mol. The quantitative estimate of drug-likeness (QED) is 0.420. The topological polar surface area (TPSA) is 92.1 Å². The number of alkyl halides is 2. The summed E-state index contributed by atoms with van der Waals surface area (Å²) in [6.45, 7) is 1.95. The van der Waals surface area contributed by atoms with Crippen LogP contribution in [0.5, 0.6) is 5.75 Å². The number of nitrogens with zero attached hydrogens (tertiary/aromatic N) is 5. The number of nitriles is 1. The Morgan fingerprint density at radius 3 is 2.67 bits per heavy atom. The van der Waals surface area contributed by atoms with Crippen LogP contribution in [0.2, 0.25) is 0 Å². The molecule has 3 aliphatic heterocycles. The number of phenols is 1. The molecule has 0 amide bonds. The number of H-pyrrole nitrogens is 1. The summed E-state index contributed by atoms with van der Waals surface area (Å²) >= 11 is 0. The van der Waals surface area contributed by atoms with E-state index in [4.69, 9.17) is 0 Å². The van der Waals surface area contributed by atoms with Gasteiger partial charge in [-0.25, -0.2) is 23.1 Å². The van der Waals surface area contributed by atoms with Crippen LogP contribution in [0.25, 0.3) is 22.2 Å². The number of piperidine rings is 1. The number of fused-ring (bicyclic) bond motifs is 3. The fraction of sp³-hybridized carbons (Fsp3) is 0.269. The van der Waals surface area contributed by atoms with Crippen molar-refractivity contribution in [2.45, 2.75) is 31.5 Å². The maximum Gasteiger partial charge on any atom is 0.281 e. The van der Waals surface area contributed by atoms with E-state index in [2.05, 4.69) is 24.8 Å². The lowest BCUT2D eigenvalue weighted by Gasteiger charge is -2.56. The molecule has 2 N–H and O–H groups in total. The number of aromatic amines is 1. The number of anilines is 1. The number of phenolic OH excluding ortho intramolecular Hbond substituents is 1. The number of nitrogens with one attached hydrogen (secondary N) is 1. The minimum Gasteiger partial charge on any atom is -0.508 e. The molecule has 3 fully saturated rings. The van der Waals surface area contributed by atoms with Gasteiger partial charge >= 0.3 is 0 Å². The minimum atomic E-state index is -2.88. The van der Waals surface area contributed by atoms with Crippen LogP contribution in [-0.2, 0) is 6.54 Å². The fourth-order valence-electron chi connectivity index (χ4n) is 5.40. The maximum absolute atomic E-state index is 13.6. The molecule has 7 rings (SSSR count). The number of benzene rings is 1. The molecular formula is C26H21F3N6O. The van der Waals surface area contributed by atoms with Crippen LogP contribution >= 0.6 is 0 Å². The summed E-state index contributed by atoms with van der Waals surface area (Å²) < 4.78 is 40.9. The van der Waals surface area contributed by atoms with Crippen LogP contribution < -0.4 is 4.90 Å². The Hall–Kier alpha value is -4.10. The van der Waals surface area contributed by atoms with Crippen LogP contribution in [0.3, 0.4) is 0 Å². The Labute approximate surface area is 204 Å². The molecule has 2 unspecified atom stereocenters. The second-order valence-corrected chi connectivity index (χ2v) is 9.20. The van der Waals surface area contributed by atoms with E-state index in [1.54, 1.807) is 24.5 Å². The summed E-state index contributed by atoms with van der Waals surface area (Å²) in [5.41, 5.74) is 1.12. The molecule has 3 aromatic heterocycles. The molecule has 36 heavy (non-hydrogen) atoms. The van der Waals surface area contributed by atoms with E-state index in [0.717, 1.165) is 25.3 Å². The number of aromatic nitrogens is 3. The smallest absolute Gasteiger partial charge is 0.281 e. The van der Waals surface area contributed by atoms with Gasteiger partial charge in [-0.2, -0.15) is 5.26 Å². The van der Waals surface area contributed by atoms with Gasteiger partial charge in [0, 0.05) is 66.2 Å². The Morgan fingerprint density at radius 2 is 1.97 bits per heavy atom. The Balaban J connectivity index is 1.24. The van der Waals surface area contributed by atoms with Gasteiger partial charge in [0.1, 0.15) is 34.8 Å². The number of rotatable bonds is 5. The normalized spacial score (nSPS) is 19.5. The van der Waals surface area contributed by atoms with Crippen molar-refractivity contribution >= 4 is 16.9 Å². The van der Waals surface area contributed by atoms with Gasteiger partial charge in [-0.3, -0.25) is 4.90 Å². The van der Waals surface area contributed by atoms with Crippen LogP contribution in [0.1, 0.15) is 29.7 Å². The highest BCUT2D eigenvalue weighted by Gasteiger charge is 2.45. The molecule has 1 aromatic carbocycles. The first-order chi connectivity index (χ1) is 17.4. The van der Waals surface area contributed by atoms with Crippen molar-refractivity contribution < 1.29 is 18.3 Å². The summed E-state index contributed by atoms with van der Waals surface area (Å²) in [7, 11) is 0. The van der Waals surface area contributed by atoms with Crippen molar-refractivity contribution in [3.8, 4) is 22.9 Å².